The van der Waals surface area contributed by atoms with Crippen molar-refractivity contribution in [3.63, 3.8) is 0 Å². The number of halogens is 1. The number of carbonyl (C=O) groups is 1. The van der Waals surface area contributed by atoms with Crippen LogP contribution >= 0.6 is 11.6 Å². The van der Waals surface area contributed by atoms with Crippen LogP contribution < -0.4 is 5.56 Å². The lowest BCUT2D eigenvalue weighted by molar-refractivity contribution is 0.0697. The molecule has 176 valence electrons. The molecule has 0 amide bonds. The molecule has 4 aromatic rings. The van der Waals surface area contributed by atoms with Crippen molar-refractivity contribution < 1.29 is 15.1 Å². The van der Waals surface area contributed by atoms with Crippen molar-refractivity contribution in [2.75, 3.05) is 0 Å². The summed E-state index contributed by atoms with van der Waals surface area (Å²) in [7, 11) is 0. The highest BCUT2D eigenvalue weighted by atomic mass is 35.5. The van der Waals surface area contributed by atoms with Gasteiger partial charge in [0.1, 0.15) is 0 Å². The quantitative estimate of drug-likeness (QED) is 0.167. The van der Waals surface area contributed by atoms with Gasteiger partial charge in [0.2, 0.25) is 0 Å². The summed E-state index contributed by atoms with van der Waals surface area (Å²) in [5.74, 6) is -1.18. The van der Waals surface area contributed by atoms with Crippen LogP contribution in [0.1, 0.15) is 45.0 Å². The SMILES string of the molecule is Cc1cc(/C(CC(c2ccc(-c3ccc(C(=O)O)cc3)cc2)c2ccccc2Cl)=N/O)c[nH]c1=O. The zero-order chi connectivity index (χ0) is 24.9. The van der Waals surface area contributed by atoms with E-state index in [0.717, 1.165) is 22.3 Å². The van der Waals surface area contributed by atoms with E-state index >= 15 is 0 Å². The smallest absolute Gasteiger partial charge is 0.335 e. The fourth-order valence-electron chi connectivity index (χ4n) is 4.05. The number of carboxylic acids is 1. The molecule has 0 fully saturated rings. The minimum atomic E-state index is -0.964. The molecule has 3 aromatic carbocycles. The number of benzene rings is 3. The molecule has 4 rings (SSSR count). The molecule has 0 saturated heterocycles. The second-order valence-electron chi connectivity index (χ2n) is 8.23. The van der Waals surface area contributed by atoms with E-state index in [-0.39, 0.29) is 17.0 Å². The number of aryl methyl sites for hydroxylation is 1. The van der Waals surface area contributed by atoms with E-state index in [0.29, 0.717) is 28.3 Å². The van der Waals surface area contributed by atoms with Crippen molar-refractivity contribution in [2.24, 2.45) is 5.16 Å². The molecule has 0 aliphatic rings. The first-order valence-corrected chi connectivity index (χ1v) is 11.3. The predicted octanol–water partition coefficient (Wildman–Crippen LogP) is 6.10. The van der Waals surface area contributed by atoms with Gasteiger partial charge in [-0.25, -0.2) is 4.79 Å². The minimum absolute atomic E-state index is 0.194. The second-order valence-corrected chi connectivity index (χ2v) is 8.64. The van der Waals surface area contributed by atoms with E-state index in [1.54, 1.807) is 37.3 Å². The Balaban J connectivity index is 1.70. The number of aromatic carboxylic acids is 1. The molecular weight excluding hydrogens is 464 g/mol. The van der Waals surface area contributed by atoms with Crippen LogP contribution in [0.15, 0.2) is 95.0 Å². The molecule has 6 nitrogen and oxygen atoms in total. The summed E-state index contributed by atoms with van der Waals surface area (Å²) in [6.07, 6.45) is 1.89. The van der Waals surface area contributed by atoms with Crippen molar-refractivity contribution in [1.82, 2.24) is 4.98 Å². The van der Waals surface area contributed by atoms with Crippen molar-refractivity contribution in [3.05, 3.63) is 128 Å². The molecule has 0 aliphatic carbocycles. The first-order valence-electron chi connectivity index (χ1n) is 11.0. The van der Waals surface area contributed by atoms with Crippen molar-refractivity contribution in [2.45, 2.75) is 19.3 Å². The lowest BCUT2D eigenvalue weighted by Crippen LogP contribution is -2.15. The Labute approximate surface area is 207 Å². The maximum atomic E-state index is 11.8. The van der Waals surface area contributed by atoms with Gasteiger partial charge in [0, 0.05) is 34.7 Å². The van der Waals surface area contributed by atoms with Gasteiger partial charge in [0.15, 0.2) is 0 Å². The van der Waals surface area contributed by atoms with Gasteiger partial charge in [-0.2, -0.15) is 0 Å². The molecule has 7 heteroatoms. The highest BCUT2D eigenvalue weighted by molar-refractivity contribution is 6.31. The molecule has 1 unspecified atom stereocenters. The zero-order valence-corrected chi connectivity index (χ0v) is 19.7. The largest absolute Gasteiger partial charge is 0.478 e. The topological polar surface area (TPSA) is 103 Å². The molecular formula is C28H23ClN2O4. The number of H-pyrrole nitrogens is 1. The first-order chi connectivity index (χ1) is 16.9. The normalized spacial score (nSPS) is 12.3. The molecule has 0 radical (unpaired) electrons. The third-order valence-corrected chi connectivity index (χ3v) is 6.34. The number of hydrogen-bond acceptors (Lipinski definition) is 4. The summed E-state index contributed by atoms with van der Waals surface area (Å²) in [5.41, 5.74) is 5.29. The Morgan fingerprint density at radius 3 is 2.17 bits per heavy atom. The number of oxime groups is 1. The van der Waals surface area contributed by atoms with E-state index in [9.17, 15) is 14.8 Å². The second kappa shape index (κ2) is 10.4. The number of pyridine rings is 1. The average Bonchev–Trinajstić information content (AvgIpc) is 2.87. The van der Waals surface area contributed by atoms with Gasteiger partial charge in [-0.05, 0) is 53.4 Å². The number of nitrogens with zero attached hydrogens (tertiary/aromatic N) is 1. The number of carboxylic acid groups (broad SMARTS) is 1. The highest BCUT2D eigenvalue weighted by Gasteiger charge is 2.21. The molecule has 35 heavy (non-hydrogen) atoms. The molecule has 1 atom stereocenters. The Bertz CT molecular complexity index is 1440. The highest BCUT2D eigenvalue weighted by Crippen LogP contribution is 2.35. The first kappa shape index (κ1) is 24.0. The maximum Gasteiger partial charge on any atom is 0.335 e. The lowest BCUT2D eigenvalue weighted by Gasteiger charge is -2.20. The van der Waals surface area contributed by atoms with Gasteiger partial charge in [0.25, 0.3) is 5.56 Å². The Hall–Kier alpha value is -4.16. The van der Waals surface area contributed by atoms with Crippen LogP contribution in [0.5, 0.6) is 0 Å². The Morgan fingerprint density at radius 1 is 0.971 bits per heavy atom. The van der Waals surface area contributed by atoms with Gasteiger partial charge in [-0.3, -0.25) is 4.79 Å². The summed E-state index contributed by atoms with van der Waals surface area (Å²) in [4.78, 5) is 25.6. The van der Waals surface area contributed by atoms with E-state index in [4.69, 9.17) is 16.7 Å². The van der Waals surface area contributed by atoms with Gasteiger partial charge >= 0.3 is 5.97 Å². The maximum absolute atomic E-state index is 11.8. The summed E-state index contributed by atoms with van der Waals surface area (Å²) in [5, 5.41) is 23.1. The summed E-state index contributed by atoms with van der Waals surface area (Å²) < 4.78 is 0. The average molecular weight is 487 g/mol. The number of rotatable bonds is 7. The Morgan fingerprint density at radius 2 is 1.60 bits per heavy atom. The van der Waals surface area contributed by atoms with Crippen LogP contribution in [0.3, 0.4) is 0 Å². The van der Waals surface area contributed by atoms with Crippen LogP contribution in [0.25, 0.3) is 11.1 Å². The number of nitrogens with one attached hydrogen (secondary N) is 1. The van der Waals surface area contributed by atoms with E-state index < -0.39 is 5.97 Å². The van der Waals surface area contributed by atoms with Gasteiger partial charge in [-0.1, -0.05) is 71.4 Å². The van der Waals surface area contributed by atoms with Crippen molar-refractivity contribution in [1.29, 1.82) is 0 Å². The monoisotopic (exact) mass is 486 g/mol. The van der Waals surface area contributed by atoms with Crippen molar-refractivity contribution >= 4 is 23.3 Å². The lowest BCUT2D eigenvalue weighted by atomic mass is 9.85. The van der Waals surface area contributed by atoms with Crippen LogP contribution in [0.2, 0.25) is 5.02 Å². The summed E-state index contributed by atoms with van der Waals surface area (Å²) in [6, 6.07) is 23.8. The van der Waals surface area contributed by atoms with Crippen molar-refractivity contribution in [3.8, 4) is 11.1 Å². The fraction of sp³-hybridized carbons (Fsp3) is 0.107. The van der Waals surface area contributed by atoms with E-state index in [2.05, 4.69) is 10.1 Å². The van der Waals surface area contributed by atoms with Crippen LogP contribution in [-0.2, 0) is 0 Å². The number of aromatic nitrogens is 1. The molecule has 0 bridgehead atoms. The molecule has 0 aliphatic heterocycles. The van der Waals surface area contributed by atoms with Gasteiger partial charge in [-0.15, -0.1) is 0 Å². The standard InChI is InChI=1S/C28H23ClN2O4/c1-17-14-22(16-30-27(17)32)26(31-35)15-24(23-4-2-3-5-25(23)29)20-10-6-18(7-11-20)19-8-12-21(13-9-19)28(33)34/h2-14,16,24,35H,15H2,1H3,(H,30,32)(H,33,34)/b31-26+. The molecule has 1 heterocycles. The summed E-state index contributed by atoms with van der Waals surface area (Å²) >= 11 is 6.56. The minimum Gasteiger partial charge on any atom is -0.478 e. The van der Waals surface area contributed by atoms with Crippen LogP contribution in [0, 0.1) is 6.92 Å². The molecule has 3 N–H and O–H groups in total. The molecule has 1 aromatic heterocycles. The van der Waals surface area contributed by atoms with Gasteiger partial charge in [0.05, 0.1) is 11.3 Å². The summed E-state index contributed by atoms with van der Waals surface area (Å²) in [6.45, 7) is 1.70. The van der Waals surface area contributed by atoms with E-state index in [1.807, 2.05) is 48.5 Å². The van der Waals surface area contributed by atoms with Crippen LogP contribution in [0.4, 0.5) is 0 Å². The van der Waals surface area contributed by atoms with Gasteiger partial charge < -0.3 is 15.3 Å². The zero-order valence-electron chi connectivity index (χ0n) is 18.9. The Kier molecular flexibility index (Phi) is 7.13. The third-order valence-electron chi connectivity index (χ3n) is 6.00. The molecule has 0 spiro atoms. The van der Waals surface area contributed by atoms with Crippen LogP contribution in [-0.4, -0.2) is 27.0 Å². The number of aromatic amines is 1. The predicted molar refractivity (Wildman–Crippen MR) is 137 cm³/mol. The van der Waals surface area contributed by atoms with E-state index in [1.165, 1.54) is 6.20 Å². The fourth-order valence-corrected chi connectivity index (χ4v) is 4.32. The number of hydrogen-bond donors (Lipinski definition) is 3. The third kappa shape index (κ3) is 5.34. The molecule has 0 saturated carbocycles.